The summed E-state index contributed by atoms with van der Waals surface area (Å²) in [7, 11) is 0. The number of ketones is 1. The maximum atomic E-state index is 10.1. The predicted molar refractivity (Wildman–Crippen MR) is 47.7 cm³/mol. The normalized spacial score (nSPS) is 29.8. The summed E-state index contributed by atoms with van der Waals surface area (Å²) in [5.41, 5.74) is 0. The first-order valence-corrected chi connectivity index (χ1v) is 4.64. The molecule has 0 radical (unpaired) electrons. The molecule has 2 rings (SSSR count). The maximum absolute atomic E-state index is 10.1. The number of carbonyl (C=O) groups excluding carboxylic acids is 1. The summed E-state index contributed by atoms with van der Waals surface area (Å²) in [4.78, 5) is 10.1. The zero-order valence-corrected chi connectivity index (χ0v) is 7.81. The van der Waals surface area contributed by atoms with Crippen LogP contribution >= 0.6 is 0 Å². The van der Waals surface area contributed by atoms with Crippen molar-refractivity contribution in [1.82, 2.24) is 0 Å². The molecule has 0 spiro atoms. The Hall–Kier alpha value is -1.39. The third-order valence-electron chi connectivity index (χ3n) is 2.43. The average molecular weight is 192 g/mol. The van der Waals surface area contributed by atoms with E-state index in [9.17, 15) is 4.79 Å². The van der Waals surface area contributed by atoms with Crippen LogP contribution in [0.5, 0.6) is 0 Å². The smallest absolute Gasteiger partial charge is 0.135 e. The van der Waals surface area contributed by atoms with Crippen LogP contribution in [0.4, 0.5) is 0 Å². The summed E-state index contributed by atoms with van der Waals surface area (Å²) in [6.45, 7) is 0. The Morgan fingerprint density at radius 1 is 1.14 bits per heavy atom. The van der Waals surface area contributed by atoms with E-state index in [0.29, 0.717) is 25.7 Å². The van der Waals surface area contributed by atoms with Crippen molar-refractivity contribution in [2.45, 2.75) is 31.8 Å². The van der Waals surface area contributed by atoms with Gasteiger partial charge in [-0.15, -0.1) is 0 Å². The van der Waals surface area contributed by atoms with Crippen LogP contribution in [-0.2, 0) is 4.79 Å². The number of nitriles is 2. The largest absolute Gasteiger partial charge is 0.393 e. The van der Waals surface area contributed by atoms with Gasteiger partial charge in [-0.1, -0.05) is 0 Å². The van der Waals surface area contributed by atoms with Gasteiger partial charge in [0.05, 0.1) is 30.1 Å². The van der Waals surface area contributed by atoms with E-state index >= 15 is 0 Å². The van der Waals surface area contributed by atoms with Crippen LogP contribution in [0.15, 0.2) is 0 Å². The van der Waals surface area contributed by atoms with Gasteiger partial charge in [0.15, 0.2) is 0 Å². The van der Waals surface area contributed by atoms with Gasteiger partial charge in [0.2, 0.25) is 0 Å². The molecule has 2 aliphatic rings. The summed E-state index contributed by atoms with van der Waals surface area (Å²) < 4.78 is 0. The molecule has 0 aromatic carbocycles. The second-order valence-corrected chi connectivity index (χ2v) is 3.72. The molecule has 0 aromatic rings. The molecule has 74 valence electrons. The second kappa shape index (κ2) is 4.74. The van der Waals surface area contributed by atoms with Gasteiger partial charge in [-0.2, -0.15) is 10.5 Å². The van der Waals surface area contributed by atoms with Crippen LogP contribution < -0.4 is 0 Å². The number of hydrogen-bond acceptors (Lipinski definition) is 4. The molecule has 0 aliphatic heterocycles. The van der Waals surface area contributed by atoms with Crippen LogP contribution in [0.3, 0.4) is 0 Å². The van der Waals surface area contributed by atoms with E-state index in [2.05, 4.69) is 6.07 Å². The minimum absolute atomic E-state index is 0.0486. The SMILES string of the molecule is N#CC1CC(=O)C1.N#CC1CC(O)C1. The highest BCUT2D eigenvalue weighted by molar-refractivity contribution is 5.85. The molecule has 0 unspecified atom stereocenters. The molecule has 0 saturated heterocycles. The molecule has 2 saturated carbocycles. The Morgan fingerprint density at radius 2 is 1.64 bits per heavy atom. The van der Waals surface area contributed by atoms with Crippen LogP contribution in [-0.4, -0.2) is 17.0 Å². The van der Waals surface area contributed by atoms with Crippen molar-refractivity contribution in [2.75, 3.05) is 0 Å². The first kappa shape index (κ1) is 10.7. The summed E-state index contributed by atoms with van der Waals surface area (Å²) in [6.07, 6.45) is 2.20. The third kappa shape index (κ3) is 2.83. The highest BCUT2D eigenvalue weighted by Crippen LogP contribution is 2.25. The fourth-order valence-corrected chi connectivity index (χ4v) is 1.27. The van der Waals surface area contributed by atoms with Crippen molar-refractivity contribution in [3.05, 3.63) is 0 Å². The van der Waals surface area contributed by atoms with Crippen LogP contribution in [0.25, 0.3) is 0 Å². The molecule has 0 amide bonds. The number of aliphatic hydroxyl groups is 1. The fraction of sp³-hybridized carbons (Fsp3) is 0.700. The van der Waals surface area contributed by atoms with Gasteiger partial charge in [-0.25, -0.2) is 0 Å². The van der Waals surface area contributed by atoms with Gasteiger partial charge in [0.1, 0.15) is 5.78 Å². The zero-order valence-electron chi connectivity index (χ0n) is 7.81. The van der Waals surface area contributed by atoms with Gasteiger partial charge >= 0.3 is 0 Å². The molecule has 0 heterocycles. The quantitative estimate of drug-likeness (QED) is 0.614. The molecule has 0 aromatic heterocycles. The van der Waals surface area contributed by atoms with E-state index in [1.165, 1.54) is 0 Å². The summed E-state index contributed by atoms with van der Waals surface area (Å²) in [5.74, 6) is 0.425. The van der Waals surface area contributed by atoms with Gasteiger partial charge in [0, 0.05) is 12.8 Å². The number of carbonyl (C=O) groups is 1. The van der Waals surface area contributed by atoms with E-state index in [1.807, 2.05) is 6.07 Å². The van der Waals surface area contributed by atoms with E-state index in [0.717, 1.165) is 0 Å². The Kier molecular flexibility index (Phi) is 3.62. The van der Waals surface area contributed by atoms with Crippen LogP contribution in [0.1, 0.15) is 25.7 Å². The Balaban J connectivity index is 0.000000140. The third-order valence-corrected chi connectivity index (χ3v) is 2.43. The Bertz CT molecular complexity index is 286. The zero-order chi connectivity index (χ0) is 10.6. The van der Waals surface area contributed by atoms with E-state index in [4.69, 9.17) is 15.6 Å². The molecule has 2 fully saturated rings. The molecule has 14 heavy (non-hydrogen) atoms. The first-order valence-electron chi connectivity index (χ1n) is 4.64. The lowest BCUT2D eigenvalue weighted by Gasteiger charge is -2.24. The lowest BCUT2D eigenvalue weighted by Crippen LogP contribution is -2.26. The monoisotopic (exact) mass is 192 g/mol. The van der Waals surface area contributed by atoms with E-state index < -0.39 is 0 Å². The molecule has 0 bridgehead atoms. The summed E-state index contributed by atoms with van der Waals surface area (Å²) in [6, 6.07) is 4.08. The van der Waals surface area contributed by atoms with Gasteiger partial charge in [-0.05, 0) is 12.8 Å². The van der Waals surface area contributed by atoms with Crippen LogP contribution in [0, 0.1) is 34.5 Å². The molecule has 4 heteroatoms. The minimum Gasteiger partial charge on any atom is -0.393 e. The Morgan fingerprint density at radius 3 is 1.79 bits per heavy atom. The first-order chi connectivity index (χ1) is 6.65. The molecule has 1 N–H and O–H groups in total. The van der Waals surface area contributed by atoms with Gasteiger partial charge in [-0.3, -0.25) is 4.79 Å². The lowest BCUT2D eigenvalue weighted by atomic mass is 9.84. The lowest BCUT2D eigenvalue weighted by molar-refractivity contribution is -0.125. The minimum atomic E-state index is -0.176. The number of Topliss-reactive ketones (excluding diaryl/α,β-unsaturated/α-hetero) is 1. The summed E-state index contributed by atoms with van der Waals surface area (Å²) >= 11 is 0. The number of rotatable bonds is 0. The van der Waals surface area contributed by atoms with Crippen LogP contribution in [0.2, 0.25) is 0 Å². The number of nitrogens with zero attached hydrogens (tertiary/aromatic N) is 2. The standard InChI is InChI=1S/C5H7NO.C5H5NO/c2*6-3-4-1-5(7)2-4/h4-5,7H,1-2H2;4H,1-2H2. The molecule has 4 nitrogen and oxygen atoms in total. The highest BCUT2D eigenvalue weighted by Gasteiger charge is 2.26. The topological polar surface area (TPSA) is 84.9 Å². The molecular weight excluding hydrogens is 180 g/mol. The maximum Gasteiger partial charge on any atom is 0.135 e. The second-order valence-electron chi connectivity index (χ2n) is 3.72. The van der Waals surface area contributed by atoms with Crippen molar-refractivity contribution < 1.29 is 9.90 Å². The average Bonchev–Trinajstić information content (AvgIpc) is 2.08. The van der Waals surface area contributed by atoms with E-state index in [1.54, 1.807) is 0 Å². The number of aliphatic hydroxyl groups excluding tert-OH is 1. The molecule has 2 aliphatic carbocycles. The summed E-state index contributed by atoms with van der Waals surface area (Å²) in [5, 5.41) is 24.8. The molecular formula is C10H12N2O2. The predicted octanol–water partition coefficient (Wildman–Crippen LogP) is 0.770. The van der Waals surface area contributed by atoms with Crippen molar-refractivity contribution in [1.29, 1.82) is 10.5 Å². The molecule has 0 atom stereocenters. The van der Waals surface area contributed by atoms with Gasteiger partial charge in [0.25, 0.3) is 0 Å². The van der Waals surface area contributed by atoms with Gasteiger partial charge < -0.3 is 5.11 Å². The van der Waals surface area contributed by atoms with Crippen molar-refractivity contribution in [3.63, 3.8) is 0 Å². The van der Waals surface area contributed by atoms with E-state index in [-0.39, 0.29) is 23.7 Å². The van der Waals surface area contributed by atoms with Crippen molar-refractivity contribution in [2.24, 2.45) is 11.8 Å². The van der Waals surface area contributed by atoms with Crippen molar-refractivity contribution in [3.8, 4) is 12.1 Å². The number of hydrogen-bond donors (Lipinski definition) is 1. The fourth-order valence-electron chi connectivity index (χ4n) is 1.27. The highest BCUT2D eigenvalue weighted by atomic mass is 16.3. The Labute approximate surface area is 82.8 Å². The van der Waals surface area contributed by atoms with Crippen molar-refractivity contribution >= 4 is 5.78 Å².